The summed E-state index contributed by atoms with van der Waals surface area (Å²) in [6.45, 7) is 0. The Morgan fingerprint density at radius 3 is 2.83 bits per heavy atom. The highest BCUT2D eigenvalue weighted by Crippen LogP contribution is 2.17. The Kier molecular flexibility index (Phi) is 1.70. The third-order valence-corrected chi connectivity index (χ3v) is 1.92. The second-order valence-electron chi connectivity index (χ2n) is 2.78. The van der Waals surface area contributed by atoms with Crippen LogP contribution in [0.4, 0.5) is 0 Å². The van der Waals surface area contributed by atoms with Gasteiger partial charge in [-0.15, -0.1) is 0 Å². The van der Waals surface area contributed by atoms with Crippen molar-refractivity contribution >= 4 is 5.70 Å². The maximum absolute atomic E-state index is 5.80. The zero-order valence-corrected chi connectivity index (χ0v) is 6.77. The van der Waals surface area contributed by atoms with Crippen molar-refractivity contribution in [3.05, 3.63) is 36.3 Å². The lowest BCUT2D eigenvalue weighted by atomic mass is 10.1. The van der Waals surface area contributed by atoms with Crippen LogP contribution >= 0.6 is 0 Å². The van der Waals surface area contributed by atoms with E-state index in [-0.39, 0.29) is 0 Å². The van der Waals surface area contributed by atoms with E-state index in [4.69, 9.17) is 5.73 Å². The summed E-state index contributed by atoms with van der Waals surface area (Å²) in [6.07, 6.45) is 9.90. The molecule has 0 amide bonds. The minimum atomic E-state index is 0.824. The Labute approximate surface area is 71.2 Å². The van der Waals surface area contributed by atoms with E-state index in [9.17, 15) is 0 Å². The van der Waals surface area contributed by atoms with Gasteiger partial charge in [-0.25, -0.2) is 4.68 Å². The van der Waals surface area contributed by atoms with Crippen molar-refractivity contribution in [1.82, 2.24) is 9.78 Å². The lowest BCUT2D eigenvalue weighted by molar-refractivity contribution is 0.870. The molecular weight excluding hydrogens is 150 g/mol. The van der Waals surface area contributed by atoms with Crippen LogP contribution in [0.15, 0.2) is 36.3 Å². The normalized spacial score (nSPS) is 17.0. The van der Waals surface area contributed by atoms with Crippen molar-refractivity contribution in [3.63, 3.8) is 0 Å². The molecule has 3 heteroatoms. The molecule has 2 rings (SSSR count). The smallest absolute Gasteiger partial charge is 0.0831 e. The van der Waals surface area contributed by atoms with Crippen molar-refractivity contribution in [2.24, 2.45) is 5.73 Å². The van der Waals surface area contributed by atoms with Gasteiger partial charge >= 0.3 is 0 Å². The number of hydrogen-bond acceptors (Lipinski definition) is 2. The molecule has 1 heterocycles. The summed E-state index contributed by atoms with van der Waals surface area (Å²) in [5.41, 5.74) is 7.63. The van der Waals surface area contributed by atoms with E-state index in [1.807, 2.05) is 18.3 Å². The van der Waals surface area contributed by atoms with Gasteiger partial charge in [-0.05, 0) is 18.9 Å². The molecule has 0 saturated carbocycles. The van der Waals surface area contributed by atoms with Crippen molar-refractivity contribution in [2.45, 2.75) is 12.8 Å². The van der Waals surface area contributed by atoms with E-state index in [0.29, 0.717) is 0 Å². The SMILES string of the molecule is NC1=CCCC=C1n1cccn1. The van der Waals surface area contributed by atoms with Crippen molar-refractivity contribution < 1.29 is 0 Å². The zero-order chi connectivity index (χ0) is 8.39. The van der Waals surface area contributed by atoms with Crippen LogP contribution in [0.3, 0.4) is 0 Å². The van der Waals surface area contributed by atoms with Gasteiger partial charge in [0.25, 0.3) is 0 Å². The first-order chi connectivity index (χ1) is 5.88. The fraction of sp³-hybridized carbons (Fsp3) is 0.222. The molecule has 0 radical (unpaired) electrons. The van der Waals surface area contributed by atoms with Crippen LogP contribution in [0.25, 0.3) is 5.70 Å². The zero-order valence-electron chi connectivity index (χ0n) is 6.77. The maximum Gasteiger partial charge on any atom is 0.0831 e. The third kappa shape index (κ3) is 1.13. The molecule has 2 N–H and O–H groups in total. The van der Waals surface area contributed by atoms with Gasteiger partial charge in [-0.3, -0.25) is 0 Å². The highest BCUT2D eigenvalue weighted by atomic mass is 15.3. The van der Waals surface area contributed by atoms with Crippen LogP contribution in [0.1, 0.15) is 12.8 Å². The van der Waals surface area contributed by atoms with Crippen LogP contribution in [0, 0.1) is 0 Å². The summed E-state index contributed by atoms with van der Waals surface area (Å²) in [4.78, 5) is 0. The number of rotatable bonds is 1. The minimum Gasteiger partial charge on any atom is -0.397 e. The lowest BCUT2D eigenvalue weighted by Crippen LogP contribution is -2.09. The molecule has 0 unspecified atom stereocenters. The number of aromatic nitrogens is 2. The first-order valence-electron chi connectivity index (χ1n) is 4.04. The van der Waals surface area contributed by atoms with Gasteiger partial charge < -0.3 is 5.73 Å². The van der Waals surface area contributed by atoms with Crippen molar-refractivity contribution in [1.29, 1.82) is 0 Å². The Balaban J connectivity index is 2.35. The molecule has 1 aliphatic rings. The largest absolute Gasteiger partial charge is 0.397 e. The van der Waals surface area contributed by atoms with Crippen LogP contribution in [0.5, 0.6) is 0 Å². The van der Waals surface area contributed by atoms with E-state index >= 15 is 0 Å². The van der Waals surface area contributed by atoms with Crippen molar-refractivity contribution in [3.8, 4) is 0 Å². The fourth-order valence-electron chi connectivity index (χ4n) is 1.32. The molecule has 0 bridgehead atoms. The summed E-state index contributed by atoms with van der Waals surface area (Å²) < 4.78 is 1.80. The predicted molar refractivity (Wildman–Crippen MR) is 48.0 cm³/mol. The summed E-state index contributed by atoms with van der Waals surface area (Å²) in [6, 6.07) is 1.89. The second-order valence-corrected chi connectivity index (χ2v) is 2.78. The summed E-state index contributed by atoms with van der Waals surface area (Å²) in [5, 5.41) is 4.12. The van der Waals surface area contributed by atoms with E-state index in [0.717, 1.165) is 24.2 Å². The molecule has 0 saturated heterocycles. The molecule has 1 aliphatic carbocycles. The molecule has 1 aromatic heterocycles. The highest BCUT2D eigenvalue weighted by Gasteiger charge is 2.06. The molecule has 3 nitrogen and oxygen atoms in total. The van der Waals surface area contributed by atoms with Crippen LogP contribution < -0.4 is 5.73 Å². The molecule has 12 heavy (non-hydrogen) atoms. The number of allylic oxidation sites excluding steroid dienone is 3. The van der Waals surface area contributed by atoms with Gasteiger partial charge in [0.05, 0.1) is 11.4 Å². The van der Waals surface area contributed by atoms with Gasteiger partial charge in [0.15, 0.2) is 0 Å². The Morgan fingerprint density at radius 2 is 2.17 bits per heavy atom. The van der Waals surface area contributed by atoms with Crippen LogP contribution in [-0.4, -0.2) is 9.78 Å². The molecule has 1 aromatic rings. The van der Waals surface area contributed by atoms with Gasteiger partial charge in [-0.2, -0.15) is 5.10 Å². The average Bonchev–Trinajstić information content (AvgIpc) is 2.57. The molecule has 62 valence electrons. The van der Waals surface area contributed by atoms with Crippen molar-refractivity contribution in [2.75, 3.05) is 0 Å². The van der Waals surface area contributed by atoms with Gasteiger partial charge in [0.2, 0.25) is 0 Å². The summed E-state index contributed by atoms with van der Waals surface area (Å²) >= 11 is 0. The number of nitrogens with zero attached hydrogens (tertiary/aromatic N) is 2. The topological polar surface area (TPSA) is 43.8 Å². The lowest BCUT2D eigenvalue weighted by Gasteiger charge is -2.11. The molecule has 0 atom stereocenters. The Hall–Kier alpha value is -1.51. The van der Waals surface area contributed by atoms with Crippen LogP contribution in [-0.2, 0) is 0 Å². The number of nitrogens with two attached hydrogens (primary N) is 1. The molecular formula is C9H11N3. The first-order valence-corrected chi connectivity index (χ1v) is 4.04. The average molecular weight is 161 g/mol. The molecule has 0 fully saturated rings. The Bertz CT molecular complexity index is 320. The number of hydrogen-bond donors (Lipinski definition) is 1. The van der Waals surface area contributed by atoms with E-state index in [1.54, 1.807) is 10.9 Å². The second kappa shape index (κ2) is 2.85. The Morgan fingerprint density at radius 1 is 1.33 bits per heavy atom. The minimum absolute atomic E-state index is 0.824. The van der Waals surface area contributed by atoms with Gasteiger partial charge in [0.1, 0.15) is 0 Å². The van der Waals surface area contributed by atoms with E-state index in [2.05, 4.69) is 11.2 Å². The first kappa shape index (κ1) is 7.16. The summed E-state index contributed by atoms with van der Waals surface area (Å²) in [5.74, 6) is 0. The fourth-order valence-corrected chi connectivity index (χ4v) is 1.32. The highest BCUT2D eigenvalue weighted by molar-refractivity contribution is 5.63. The molecule has 0 aliphatic heterocycles. The third-order valence-electron chi connectivity index (χ3n) is 1.92. The van der Waals surface area contributed by atoms with Gasteiger partial charge in [0, 0.05) is 12.4 Å². The predicted octanol–water partition coefficient (Wildman–Crippen LogP) is 1.36. The molecule has 0 aromatic carbocycles. The standard InChI is InChI=1S/C9H11N3/c10-8-4-1-2-5-9(8)12-7-3-6-11-12/h3-7H,1-2,10H2. The van der Waals surface area contributed by atoms with Crippen LogP contribution in [0.2, 0.25) is 0 Å². The quantitative estimate of drug-likeness (QED) is 0.675. The maximum atomic E-state index is 5.80. The molecule has 0 spiro atoms. The van der Waals surface area contributed by atoms with Gasteiger partial charge in [-0.1, -0.05) is 12.2 Å². The van der Waals surface area contributed by atoms with E-state index < -0.39 is 0 Å². The van der Waals surface area contributed by atoms with E-state index in [1.165, 1.54) is 0 Å². The monoisotopic (exact) mass is 161 g/mol. The summed E-state index contributed by atoms with van der Waals surface area (Å²) in [7, 11) is 0.